The van der Waals surface area contributed by atoms with Crippen LogP contribution in [0.3, 0.4) is 0 Å². The van der Waals surface area contributed by atoms with Gasteiger partial charge in [-0.3, -0.25) is 4.79 Å². The molecule has 0 bridgehead atoms. The van der Waals surface area contributed by atoms with Gasteiger partial charge in [-0.05, 0) is 36.5 Å². The summed E-state index contributed by atoms with van der Waals surface area (Å²) in [6.07, 6.45) is 6.24. The number of benzene rings is 1. The third-order valence-electron chi connectivity index (χ3n) is 3.80. The Morgan fingerprint density at radius 2 is 2.10 bits per heavy atom. The molecule has 2 atom stereocenters. The van der Waals surface area contributed by atoms with Crippen molar-refractivity contribution in [3.8, 4) is 0 Å². The summed E-state index contributed by atoms with van der Waals surface area (Å²) in [5.74, 6) is 0.433. The van der Waals surface area contributed by atoms with Crippen LogP contribution in [0.25, 0.3) is 0 Å². The molecule has 0 saturated heterocycles. The van der Waals surface area contributed by atoms with E-state index in [-0.39, 0.29) is 18.6 Å². The van der Waals surface area contributed by atoms with Crippen molar-refractivity contribution >= 4 is 23.7 Å². The molecule has 114 valence electrons. The highest BCUT2D eigenvalue weighted by molar-refractivity contribution is 6.30. The first-order valence-corrected chi connectivity index (χ1v) is 7.73. The standard InChI is InChI=1S/C16H21ClN2O2/c1-12-4-2-3-5-15(12)19-16(20)11-21-18-10-13-6-8-14(17)9-7-13/h6-10,12,15H,2-5,11H2,1H3,(H,19,20)/b18-10-/t12-,15-/m0/s1. The van der Waals surface area contributed by atoms with Crippen LogP contribution in [-0.4, -0.2) is 24.8 Å². The zero-order chi connectivity index (χ0) is 15.1. The number of amides is 1. The van der Waals surface area contributed by atoms with Crippen molar-refractivity contribution in [1.82, 2.24) is 5.32 Å². The molecule has 1 aliphatic rings. The Labute approximate surface area is 130 Å². The molecule has 5 heteroatoms. The van der Waals surface area contributed by atoms with Crippen LogP contribution in [0.1, 0.15) is 38.2 Å². The second kappa shape index (κ2) is 8.03. The molecule has 0 aliphatic heterocycles. The predicted octanol–water partition coefficient (Wildman–Crippen LogP) is 3.39. The van der Waals surface area contributed by atoms with Gasteiger partial charge in [0.05, 0.1) is 6.21 Å². The minimum atomic E-state index is -0.109. The van der Waals surface area contributed by atoms with E-state index < -0.39 is 0 Å². The molecule has 2 rings (SSSR count). The second-order valence-corrected chi connectivity index (χ2v) is 5.93. The Hall–Kier alpha value is -1.55. The van der Waals surface area contributed by atoms with Gasteiger partial charge < -0.3 is 10.2 Å². The zero-order valence-corrected chi connectivity index (χ0v) is 13.0. The summed E-state index contributed by atoms with van der Waals surface area (Å²) in [4.78, 5) is 16.8. The molecule has 0 spiro atoms. The van der Waals surface area contributed by atoms with E-state index in [2.05, 4.69) is 17.4 Å². The lowest BCUT2D eigenvalue weighted by molar-refractivity contribution is -0.126. The van der Waals surface area contributed by atoms with Gasteiger partial charge in [-0.25, -0.2) is 0 Å². The number of halogens is 1. The molecule has 0 radical (unpaired) electrons. The first kappa shape index (κ1) is 15.8. The van der Waals surface area contributed by atoms with Crippen molar-refractivity contribution in [2.75, 3.05) is 6.61 Å². The lowest BCUT2D eigenvalue weighted by Crippen LogP contribution is -2.42. The summed E-state index contributed by atoms with van der Waals surface area (Å²) in [7, 11) is 0. The van der Waals surface area contributed by atoms with Gasteiger partial charge in [-0.2, -0.15) is 0 Å². The van der Waals surface area contributed by atoms with Crippen molar-refractivity contribution in [2.24, 2.45) is 11.1 Å². The number of hydrogen-bond acceptors (Lipinski definition) is 3. The van der Waals surface area contributed by atoms with Crippen LogP contribution in [-0.2, 0) is 9.63 Å². The van der Waals surface area contributed by atoms with E-state index in [9.17, 15) is 4.79 Å². The molecule has 1 amide bonds. The van der Waals surface area contributed by atoms with Crippen LogP contribution < -0.4 is 5.32 Å². The van der Waals surface area contributed by atoms with E-state index in [1.165, 1.54) is 19.3 Å². The third kappa shape index (κ3) is 5.38. The maximum Gasteiger partial charge on any atom is 0.261 e. The molecule has 4 nitrogen and oxygen atoms in total. The van der Waals surface area contributed by atoms with Crippen LogP contribution in [0, 0.1) is 5.92 Å². The molecule has 1 aliphatic carbocycles. The van der Waals surface area contributed by atoms with Crippen molar-refractivity contribution in [3.05, 3.63) is 34.9 Å². The monoisotopic (exact) mass is 308 g/mol. The van der Waals surface area contributed by atoms with Crippen molar-refractivity contribution in [1.29, 1.82) is 0 Å². The summed E-state index contributed by atoms with van der Waals surface area (Å²) in [6.45, 7) is 2.14. The SMILES string of the molecule is C[C@H]1CCCC[C@@H]1NC(=O)CO/N=C\c1ccc(Cl)cc1. The molecule has 1 aromatic carbocycles. The summed E-state index contributed by atoms with van der Waals surface area (Å²) < 4.78 is 0. The molecule has 1 saturated carbocycles. The molecule has 0 unspecified atom stereocenters. The quantitative estimate of drug-likeness (QED) is 0.669. The number of nitrogens with zero attached hydrogens (tertiary/aromatic N) is 1. The highest BCUT2D eigenvalue weighted by Crippen LogP contribution is 2.23. The Kier molecular flexibility index (Phi) is 6.05. The van der Waals surface area contributed by atoms with Gasteiger partial charge in [0.25, 0.3) is 5.91 Å². The number of rotatable bonds is 5. The van der Waals surface area contributed by atoms with E-state index in [4.69, 9.17) is 16.4 Å². The van der Waals surface area contributed by atoms with Gasteiger partial charge in [0.15, 0.2) is 6.61 Å². The minimum Gasteiger partial charge on any atom is -0.386 e. The Bertz CT molecular complexity index is 488. The van der Waals surface area contributed by atoms with Gasteiger partial charge in [-0.1, -0.05) is 48.7 Å². The van der Waals surface area contributed by atoms with Gasteiger partial charge >= 0.3 is 0 Å². The van der Waals surface area contributed by atoms with E-state index in [1.54, 1.807) is 18.3 Å². The Morgan fingerprint density at radius 1 is 1.38 bits per heavy atom. The summed E-state index contributed by atoms with van der Waals surface area (Å²) in [6, 6.07) is 7.49. The van der Waals surface area contributed by atoms with Gasteiger partial charge in [0.1, 0.15) is 0 Å². The lowest BCUT2D eigenvalue weighted by Gasteiger charge is -2.29. The molecule has 21 heavy (non-hydrogen) atoms. The van der Waals surface area contributed by atoms with E-state index in [1.807, 2.05) is 12.1 Å². The van der Waals surface area contributed by atoms with E-state index in [0.717, 1.165) is 12.0 Å². The molecular formula is C16H21ClN2O2. The van der Waals surface area contributed by atoms with Crippen molar-refractivity contribution < 1.29 is 9.63 Å². The van der Waals surface area contributed by atoms with Gasteiger partial charge in [0.2, 0.25) is 0 Å². The fourth-order valence-electron chi connectivity index (χ4n) is 2.52. The minimum absolute atomic E-state index is 0.0483. The molecule has 0 aromatic heterocycles. The molecule has 1 aromatic rings. The fourth-order valence-corrected chi connectivity index (χ4v) is 2.65. The number of nitrogens with one attached hydrogen (secondary N) is 1. The number of hydrogen-bond donors (Lipinski definition) is 1. The predicted molar refractivity (Wildman–Crippen MR) is 84.6 cm³/mol. The largest absolute Gasteiger partial charge is 0.386 e. The molecule has 1 fully saturated rings. The van der Waals surface area contributed by atoms with Crippen molar-refractivity contribution in [3.63, 3.8) is 0 Å². The molecule has 1 N–H and O–H groups in total. The van der Waals surface area contributed by atoms with E-state index in [0.29, 0.717) is 10.9 Å². The average Bonchev–Trinajstić information content (AvgIpc) is 2.48. The number of oxime groups is 1. The van der Waals surface area contributed by atoms with Gasteiger partial charge in [0, 0.05) is 11.1 Å². The first-order valence-electron chi connectivity index (χ1n) is 7.35. The summed E-state index contributed by atoms with van der Waals surface area (Å²) in [5.41, 5.74) is 0.876. The maximum atomic E-state index is 11.8. The zero-order valence-electron chi connectivity index (χ0n) is 12.2. The lowest BCUT2D eigenvalue weighted by atomic mass is 9.86. The van der Waals surface area contributed by atoms with Crippen LogP contribution in [0.2, 0.25) is 5.02 Å². The molecule has 0 heterocycles. The van der Waals surface area contributed by atoms with Crippen LogP contribution in [0.5, 0.6) is 0 Å². The number of carbonyl (C=O) groups is 1. The maximum absolute atomic E-state index is 11.8. The van der Waals surface area contributed by atoms with Crippen LogP contribution >= 0.6 is 11.6 Å². The van der Waals surface area contributed by atoms with E-state index >= 15 is 0 Å². The Morgan fingerprint density at radius 3 is 2.81 bits per heavy atom. The van der Waals surface area contributed by atoms with Crippen molar-refractivity contribution in [2.45, 2.75) is 38.6 Å². The van der Waals surface area contributed by atoms with Crippen LogP contribution in [0.15, 0.2) is 29.4 Å². The van der Waals surface area contributed by atoms with Gasteiger partial charge in [-0.15, -0.1) is 0 Å². The fraction of sp³-hybridized carbons (Fsp3) is 0.500. The smallest absolute Gasteiger partial charge is 0.261 e. The highest BCUT2D eigenvalue weighted by Gasteiger charge is 2.22. The third-order valence-corrected chi connectivity index (χ3v) is 4.05. The average molecular weight is 309 g/mol. The first-order chi connectivity index (χ1) is 10.1. The molecular weight excluding hydrogens is 288 g/mol. The highest BCUT2D eigenvalue weighted by atomic mass is 35.5. The Balaban J connectivity index is 1.70. The summed E-state index contributed by atoms with van der Waals surface area (Å²) in [5, 5.41) is 7.49. The topological polar surface area (TPSA) is 50.7 Å². The van der Waals surface area contributed by atoms with Crippen LogP contribution in [0.4, 0.5) is 0 Å². The second-order valence-electron chi connectivity index (χ2n) is 5.50. The number of carbonyl (C=O) groups excluding carboxylic acids is 1. The normalized spacial score (nSPS) is 22.2. The summed E-state index contributed by atoms with van der Waals surface area (Å²) >= 11 is 5.79.